The van der Waals surface area contributed by atoms with Crippen molar-refractivity contribution in [1.82, 2.24) is 9.55 Å². The van der Waals surface area contributed by atoms with Gasteiger partial charge in [0, 0.05) is 18.7 Å². The van der Waals surface area contributed by atoms with Crippen LogP contribution < -0.4 is 20.3 Å². The summed E-state index contributed by atoms with van der Waals surface area (Å²) in [6, 6.07) is 10.7. The summed E-state index contributed by atoms with van der Waals surface area (Å²) in [5.41, 5.74) is 2.03. The van der Waals surface area contributed by atoms with Crippen molar-refractivity contribution in [2.75, 3.05) is 19.5 Å². The topological polar surface area (TPSA) is 82.5 Å². The van der Waals surface area contributed by atoms with Gasteiger partial charge in [0.25, 0.3) is 5.56 Å². The zero-order chi connectivity index (χ0) is 21.1. The van der Waals surface area contributed by atoms with E-state index in [1.807, 2.05) is 6.07 Å². The normalized spacial score (nSPS) is 13.4. The summed E-state index contributed by atoms with van der Waals surface area (Å²) in [5, 5.41) is 3.41. The molecule has 1 aliphatic heterocycles. The maximum absolute atomic E-state index is 13.0. The highest BCUT2D eigenvalue weighted by Gasteiger charge is 2.15. The van der Waals surface area contributed by atoms with Gasteiger partial charge < -0.3 is 14.8 Å². The Labute approximate surface area is 174 Å². The first kappa shape index (κ1) is 19.9. The third kappa shape index (κ3) is 4.01. The van der Waals surface area contributed by atoms with Gasteiger partial charge >= 0.3 is 0 Å². The van der Waals surface area contributed by atoms with Crippen LogP contribution in [0.3, 0.4) is 0 Å². The molecule has 0 radical (unpaired) electrons. The number of benzene rings is 2. The van der Waals surface area contributed by atoms with E-state index >= 15 is 0 Å². The summed E-state index contributed by atoms with van der Waals surface area (Å²) in [4.78, 5) is 30.2. The highest BCUT2D eigenvalue weighted by molar-refractivity contribution is 5.94. The van der Waals surface area contributed by atoms with Crippen molar-refractivity contribution in [3.63, 3.8) is 0 Å². The lowest BCUT2D eigenvalue weighted by molar-refractivity contribution is -0.115. The monoisotopic (exact) mass is 407 g/mol. The van der Waals surface area contributed by atoms with Gasteiger partial charge in [0.05, 0.1) is 31.5 Å². The zero-order valence-electron chi connectivity index (χ0n) is 17.2. The van der Waals surface area contributed by atoms with Gasteiger partial charge in [-0.2, -0.15) is 0 Å². The maximum atomic E-state index is 13.0. The first-order chi connectivity index (χ1) is 14.6. The van der Waals surface area contributed by atoms with E-state index in [1.54, 1.807) is 49.1 Å². The highest BCUT2D eigenvalue weighted by Crippen LogP contribution is 2.28. The van der Waals surface area contributed by atoms with E-state index in [4.69, 9.17) is 9.47 Å². The summed E-state index contributed by atoms with van der Waals surface area (Å²) in [5.74, 6) is 1.87. The smallest absolute Gasteiger partial charge is 0.261 e. The zero-order valence-corrected chi connectivity index (χ0v) is 17.2. The molecule has 0 aliphatic carbocycles. The minimum atomic E-state index is -0.176. The molecule has 7 nitrogen and oxygen atoms in total. The van der Waals surface area contributed by atoms with Crippen molar-refractivity contribution in [3.05, 3.63) is 58.1 Å². The number of amides is 1. The summed E-state index contributed by atoms with van der Waals surface area (Å²) >= 11 is 0. The Morgan fingerprint density at radius 2 is 1.90 bits per heavy atom. The fourth-order valence-electron chi connectivity index (χ4n) is 3.88. The van der Waals surface area contributed by atoms with Crippen LogP contribution in [0.25, 0.3) is 10.9 Å². The fraction of sp³-hybridized carbons (Fsp3) is 0.348. The number of fused-ring (bicyclic) bond motifs is 2. The fourth-order valence-corrected chi connectivity index (χ4v) is 3.88. The number of hydrogen-bond acceptors (Lipinski definition) is 5. The van der Waals surface area contributed by atoms with Crippen LogP contribution in [0.4, 0.5) is 5.69 Å². The van der Waals surface area contributed by atoms with Gasteiger partial charge in [-0.15, -0.1) is 0 Å². The molecular weight excluding hydrogens is 382 g/mol. The standard InChI is InChI=1S/C23H25N3O4/c1-29-19-10-7-15(12-20(19)30-2)13-22(27)24-16-8-9-18-17(14-16)23(28)26-11-5-3-4-6-21(26)25-18/h7-10,12,14H,3-6,11,13H2,1-2H3,(H,24,27). The van der Waals surface area contributed by atoms with Gasteiger partial charge in [0.1, 0.15) is 5.82 Å². The van der Waals surface area contributed by atoms with Crippen molar-refractivity contribution in [2.45, 2.75) is 38.6 Å². The molecule has 2 aromatic carbocycles. The molecule has 1 aromatic heterocycles. The molecule has 4 rings (SSSR count). The van der Waals surface area contributed by atoms with E-state index in [0.717, 1.165) is 37.1 Å². The van der Waals surface area contributed by atoms with Gasteiger partial charge in [0.2, 0.25) is 5.91 Å². The molecule has 0 spiro atoms. The Morgan fingerprint density at radius 1 is 1.07 bits per heavy atom. The molecule has 7 heteroatoms. The molecule has 0 saturated carbocycles. The van der Waals surface area contributed by atoms with Gasteiger partial charge in [-0.1, -0.05) is 12.5 Å². The Kier molecular flexibility index (Phi) is 5.70. The molecular formula is C23H25N3O4. The second-order valence-electron chi connectivity index (χ2n) is 7.44. The molecule has 3 aromatic rings. The third-order valence-electron chi connectivity index (χ3n) is 5.41. The van der Waals surface area contributed by atoms with E-state index in [1.165, 1.54) is 0 Å². The minimum absolute atomic E-state index is 0.0344. The van der Waals surface area contributed by atoms with E-state index in [-0.39, 0.29) is 17.9 Å². The van der Waals surface area contributed by atoms with Crippen molar-refractivity contribution < 1.29 is 14.3 Å². The average Bonchev–Trinajstić information content (AvgIpc) is 3.00. The van der Waals surface area contributed by atoms with Crippen LogP contribution in [-0.4, -0.2) is 29.7 Å². The lowest BCUT2D eigenvalue weighted by atomic mass is 10.1. The molecule has 0 fully saturated rings. The molecule has 156 valence electrons. The summed E-state index contributed by atoms with van der Waals surface area (Å²) in [7, 11) is 3.13. The van der Waals surface area contributed by atoms with E-state index in [2.05, 4.69) is 10.3 Å². The second kappa shape index (κ2) is 8.57. The molecule has 1 aliphatic rings. The van der Waals surface area contributed by atoms with E-state index in [9.17, 15) is 9.59 Å². The molecule has 0 saturated heterocycles. The number of nitrogens with one attached hydrogen (secondary N) is 1. The quantitative estimate of drug-likeness (QED) is 0.702. The van der Waals surface area contributed by atoms with Gasteiger partial charge in [0.15, 0.2) is 11.5 Å². The summed E-state index contributed by atoms with van der Waals surface area (Å²) in [6.45, 7) is 0.701. The predicted molar refractivity (Wildman–Crippen MR) is 115 cm³/mol. The largest absolute Gasteiger partial charge is 0.493 e. The van der Waals surface area contributed by atoms with Crippen LogP contribution in [0.1, 0.15) is 30.7 Å². The third-order valence-corrected chi connectivity index (χ3v) is 5.41. The number of aryl methyl sites for hydroxylation is 1. The molecule has 2 heterocycles. The predicted octanol–water partition coefficient (Wildman–Crippen LogP) is 3.32. The molecule has 1 amide bonds. The number of hydrogen-bond donors (Lipinski definition) is 1. The Morgan fingerprint density at radius 3 is 2.70 bits per heavy atom. The first-order valence-electron chi connectivity index (χ1n) is 10.1. The lowest BCUT2D eigenvalue weighted by Gasteiger charge is -2.12. The number of nitrogens with zero attached hydrogens (tertiary/aromatic N) is 2. The number of rotatable bonds is 5. The minimum Gasteiger partial charge on any atom is -0.493 e. The van der Waals surface area contributed by atoms with Gasteiger partial charge in [-0.05, 0) is 48.7 Å². The molecule has 0 bridgehead atoms. The Bertz CT molecular complexity index is 1150. The van der Waals surface area contributed by atoms with Crippen molar-refractivity contribution in [2.24, 2.45) is 0 Å². The number of methoxy groups -OCH3 is 2. The summed E-state index contributed by atoms with van der Waals surface area (Å²) < 4.78 is 12.3. The average molecular weight is 407 g/mol. The number of carbonyl (C=O) groups is 1. The molecule has 30 heavy (non-hydrogen) atoms. The van der Waals surface area contributed by atoms with Crippen LogP contribution in [0.2, 0.25) is 0 Å². The van der Waals surface area contributed by atoms with Crippen LogP contribution >= 0.6 is 0 Å². The van der Waals surface area contributed by atoms with E-state index < -0.39 is 0 Å². The van der Waals surface area contributed by atoms with E-state index in [0.29, 0.717) is 34.6 Å². The van der Waals surface area contributed by atoms with Crippen LogP contribution in [-0.2, 0) is 24.2 Å². The number of ether oxygens (including phenoxy) is 2. The highest BCUT2D eigenvalue weighted by atomic mass is 16.5. The number of carbonyl (C=O) groups excluding carboxylic acids is 1. The van der Waals surface area contributed by atoms with Gasteiger partial charge in [-0.25, -0.2) is 4.98 Å². The lowest BCUT2D eigenvalue weighted by Crippen LogP contribution is -2.24. The first-order valence-corrected chi connectivity index (χ1v) is 10.1. The number of anilines is 1. The maximum Gasteiger partial charge on any atom is 0.261 e. The summed E-state index contributed by atoms with van der Waals surface area (Å²) in [6.07, 6.45) is 4.16. The number of aromatic nitrogens is 2. The second-order valence-corrected chi connectivity index (χ2v) is 7.44. The van der Waals surface area contributed by atoms with Crippen LogP contribution in [0, 0.1) is 0 Å². The van der Waals surface area contributed by atoms with Crippen molar-refractivity contribution in [1.29, 1.82) is 0 Å². The Balaban J connectivity index is 1.56. The van der Waals surface area contributed by atoms with Crippen LogP contribution in [0.5, 0.6) is 11.5 Å². The van der Waals surface area contributed by atoms with Crippen molar-refractivity contribution in [3.8, 4) is 11.5 Å². The molecule has 1 N–H and O–H groups in total. The molecule has 0 unspecified atom stereocenters. The van der Waals surface area contributed by atoms with Gasteiger partial charge in [-0.3, -0.25) is 14.2 Å². The van der Waals surface area contributed by atoms with Crippen molar-refractivity contribution >= 4 is 22.5 Å². The molecule has 0 atom stereocenters. The SMILES string of the molecule is COc1ccc(CC(=O)Nc2ccc3nc4n(c(=O)c3c2)CCCCC4)cc1OC. The van der Waals surface area contributed by atoms with Crippen LogP contribution in [0.15, 0.2) is 41.2 Å². The Hall–Kier alpha value is -3.35.